The molecule has 4 rings (SSSR count). The van der Waals surface area contributed by atoms with Gasteiger partial charge in [0.25, 0.3) is 5.85 Å². The highest BCUT2D eigenvalue weighted by Crippen LogP contribution is 2.52. The van der Waals surface area contributed by atoms with Crippen molar-refractivity contribution in [3.8, 4) is 5.75 Å². The fourth-order valence-electron chi connectivity index (χ4n) is 4.27. The van der Waals surface area contributed by atoms with E-state index >= 15 is 8.78 Å². The quantitative estimate of drug-likeness (QED) is 0.213. The third kappa shape index (κ3) is 6.32. The summed E-state index contributed by atoms with van der Waals surface area (Å²) in [7, 11) is -1.19. The number of aliphatic hydroxyl groups excluding tert-OH is 1. The van der Waals surface area contributed by atoms with Crippen molar-refractivity contribution in [3.05, 3.63) is 36.7 Å². The smallest absolute Gasteiger partial charge is 0.459 e. The van der Waals surface area contributed by atoms with Gasteiger partial charge in [0.2, 0.25) is 5.95 Å². The summed E-state index contributed by atoms with van der Waals surface area (Å²) < 4.78 is 68.5. The standard InChI is InChI=1S/C25H34F2N7O7P/c1-14(2)39-20(35)15(3)32-42(37,41-16-10-8-7-9-11-16)38-12-25(27)21(36)24(4,26)22(40-25)34-13-29-17-18(33(5)6)30-23(28)31-19(17)34/h7-11,13-15,21-22,36H,12H2,1-6H3,(H,32,37)(H2,28,30,31)/t15-,21-,22+,24+,25+,42?/m0/s1. The van der Waals surface area contributed by atoms with Crippen LogP contribution in [0.5, 0.6) is 5.75 Å². The molecule has 3 heterocycles. The zero-order chi connectivity index (χ0) is 31.0. The van der Waals surface area contributed by atoms with Crippen LogP contribution in [0.3, 0.4) is 0 Å². The summed E-state index contributed by atoms with van der Waals surface area (Å²) in [5.41, 5.74) is 3.31. The van der Waals surface area contributed by atoms with Gasteiger partial charge < -0.3 is 29.7 Å². The van der Waals surface area contributed by atoms with Gasteiger partial charge in [-0.3, -0.25) is 13.9 Å². The molecule has 0 radical (unpaired) electrons. The summed E-state index contributed by atoms with van der Waals surface area (Å²) in [4.78, 5) is 26.4. The molecule has 3 aromatic rings. The second-order valence-electron chi connectivity index (χ2n) is 10.4. The van der Waals surface area contributed by atoms with Gasteiger partial charge in [-0.15, -0.1) is 0 Å². The number of para-hydroxylation sites is 1. The minimum atomic E-state index is -4.57. The summed E-state index contributed by atoms with van der Waals surface area (Å²) in [5.74, 6) is -3.80. The fraction of sp³-hybridized carbons (Fsp3) is 0.520. The van der Waals surface area contributed by atoms with Crippen LogP contribution in [0.15, 0.2) is 36.7 Å². The van der Waals surface area contributed by atoms with Crippen molar-refractivity contribution in [3.63, 3.8) is 0 Å². The predicted octanol–water partition coefficient (Wildman–Crippen LogP) is 2.89. The number of nitrogen functional groups attached to an aromatic ring is 1. The first-order chi connectivity index (χ1) is 19.6. The molecule has 1 aliphatic heterocycles. The number of imidazole rings is 1. The average molecular weight is 614 g/mol. The molecule has 0 bridgehead atoms. The average Bonchev–Trinajstić information content (AvgIpc) is 3.39. The van der Waals surface area contributed by atoms with Gasteiger partial charge in [-0.05, 0) is 39.8 Å². The molecule has 6 atom stereocenters. The summed E-state index contributed by atoms with van der Waals surface area (Å²) in [5, 5.41) is 13.2. The van der Waals surface area contributed by atoms with Crippen LogP contribution in [0.4, 0.5) is 20.5 Å². The molecule has 1 saturated heterocycles. The van der Waals surface area contributed by atoms with Crippen molar-refractivity contribution in [2.24, 2.45) is 0 Å². The number of ether oxygens (including phenoxy) is 2. The predicted molar refractivity (Wildman–Crippen MR) is 148 cm³/mol. The number of nitrogens with two attached hydrogens (primary N) is 1. The maximum Gasteiger partial charge on any atom is 0.459 e. The highest BCUT2D eigenvalue weighted by Gasteiger charge is 2.65. The molecule has 1 fully saturated rings. The number of carbonyl (C=O) groups is 1. The van der Waals surface area contributed by atoms with E-state index in [0.29, 0.717) is 5.82 Å². The number of halogens is 2. The number of fused-ring (bicyclic) bond motifs is 1. The zero-order valence-electron chi connectivity index (χ0n) is 23.9. The van der Waals surface area contributed by atoms with Crippen LogP contribution in [0.1, 0.15) is 33.9 Å². The highest BCUT2D eigenvalue weighted by atomic mass is 31.2. The molecule has 1 aromatic carbocycles. The van der Waals surface area contributed by atoms with E-state index in [2.05, 4.69) is 20.0 Å². The summed E-state index contributed by atoms with van der Waals surface area (Å²) in [6.45, 7) is 4.26. The lowest BCUT2D eigenvalue weighted by atomic mass is 9.97. The minimum Gasteiger partial charge on any atom is -0.462 e. The third-order valence-corrected chi connectivity index (χ3v) is 7.91. The van der Waals surface area contributed by atoms with Crippen molar-refractivity contribution < 1.29 is 41.8 Å². The molecule has 0 amide bonds. The molecule has 0 saturated carbocycles. The van der Waals surface area contributed by atoms with Crippen molar-refractivity contribution in [1.29, 1.82) is 0 Å². The van der Waals surface area contributed by atoms with Gasteiger partial charge in [-0.25, -0.2) is 18.3 Å². The lowest BCUT2D eigenvalue weighted by Crippen LogP contribution is -2.47. The molecule has 4 N–H and O–H groups in total. The van der Waals surface area contributed by atoms with Crippen LogP contribution in [0, 0.1) is 0 Å². The number of esters is 1. The normalized spacial score (nSPS) is 26.2. The number of carbonyl (C=O) groups excluding carboxylic acids is 1. The number of rotatable bonds is 11. The Hall–Kier alpha value is -3.43. The van der Waals surface area contributed by atoms with E-state index in [0.717, 1.165) is 17.8 Å². The number of hydrogen-bond acceptors (Lipinski definition) is 12. The molecule has 1 unspecified atom stereocenters. The van der Waals surface area contributed by atoms with E-state index in [-0.39, 0.29) is 22.9 Å². The van der Waals surface area contributed by atoms with E-state index in [9.17, 15) is 14.5 Å². The maximum absolute atomic E-state index is 16.2. The molecular weight excluding hydrogens is 579 g/mol. The molecule has 0 aliphatic carbocycles. The van der Waals surface area contributed by atoms with Gasteiger partial charge in [0.15, 0.2) is 35.0 Å². The van der Waals surface area contributed by atoms with E-state index in [1.165, 1.54) is 19.1 Å². The van der Waals surface area contributed by atoms with Gasteiger partial charge in [0, 0.05) is 14.1 Å². The van der Waals surface area contributed by atoms with E-state index in [1.807, 2.05) is 0 Å². The molecule has 42 heavy (non-hydrogen) atoms. The maximum atomic E-state index is 16.2. The van der Waals surface area contributed by atoms with Crippen LogP contribution in [0.2, 0.25) is 0 Å². The number of nitrogens with one attached hydrogen (secondary N) is 1. The number of nitrogens with zero attached hydrogens (tertiary/aromatic N) is 5. The Morgan fingerprint density at radius 2 is 1.93 bits per heavy atom. The Bertz CT molecular complexity index is 1480. The molecule has 14 nitrogen and oxygen atoms in total. The summed E-state index contributed by atoms with van der Waals surface area (Å²) in [6, 6.07) is 6.53. The second kappa shape index (κ2) is 11.7. The first kappa shape index (κ1) is 31.5. The number of aliphatic hydroxyl groups is 1. The molecule has 2 aromatic heterocycles. The Morgan fingerprint density at radius 3 is 2.55 bits per heavy atom. The number of anilines is 2. The van der Waals surface area contributed by atoms with Gasteiger partial charge in [-0.2, -0.15) is 15.1 Å². The number of benzene rings is 1. The second-order valence-corrected chi connectivity index (χ2v) is 12.1. The number of aromatic nitrogens is 4. The van der Waals surface area contributed by atoms with Crippen LogP contribution in [-0.2, 0) is 23.4 Å². The fourth-order valence-corrected chi connectivity index (χ4v) is 5.78. The van der Waals surface area contributed by atoms with Crippen molar-refractivity contribution >= 4 is 36.6 Å². The van der Waals surface area contributed by atoms with Crippen molar-refractivity contribution in [1.82, 2.24) is 24.6 Å². The summed E-state index contributed by atoms with van der Waals surface area (Å²) >= 11 is 0. The van der Waals surface area contributed by atoms with Crippen LogP contribution >= 0.6 is 7.75 Å². The van der Waals surface area contributed by atoms with Crippen LogP contribution in [0.25, 0.3) is 11.2 Å². The van der Waals surface area contributed by atoms with E-state index in [4.69, 9.17) is 24.3 Å². The topological polar surface area (TPSA) is 176 Å². The Labute approximate surface area is 240 Å². The number of hydrogen-bond donors (Lipinski definition) is 3. The highest BCUT2D eigenvalue weighted by molar-refractivity contribution is 7.52. The minimum absolute atomic E-state index is 0.0229. The monoisotopic (exact) mass is 613 g/mol. The van der Waals surface area contributed by atoms with Crippen molar-refractivity contribution in [2.45, 2.75) is 63.7 Å². The molecule has 0 spiro atoms. The van der Waals surface area contributed by atoms with E-state index in [1.54, 1.807) is 51.0 Å². The lowest BCUT2D eigenvalue weighted by Gasteiger charge is -2.28. The number of alkyl halides is 2. The zero-order valence-corrected chi connectivity index (χ0v) is 24.8. The first-order valence-corrected chi connectivity index (χ1v) is 14.5. The van der Waals surface area contributed by atoms with E-state index < -0.39 is 56.3 Å². The van der Waals surface area contributed by atoms with Crippen molar-refractivity contribution in [2.75, 3.05) is 31.3 Å². The molecule has 17 heteroatoms. The summed E-state index contributed by atoms with van der Waals surface area (Å²) in [6.07, 6.45) is -3.56. The third-order valence-electron chi connectivity index (χ3n) is 6.29. The SMILES string of the molecule is CC(C)OC(=O)[C@H](C)NP(=O)(OC[C@@]1(F)O[C@@H](n2cnc3c(N(C)C)nc(N)nc32)[C@](C)(F)[C@@H]1O)Oc1ccccc1. The lowest BCUT2D eigenvalue weighted by molar-refractivity contribution is -0.202. The molecule has 230 valence electrons. The Morgan fingerprint density at radius 1 is 1.26 bits per heavy atom. The Kier molecular flexibility index (Phi) is 8.77. The van der Waals surface area contributed by atoms with Crippen LogP contribution < -0.4 is 20.2 Å². The van der Waals surface area contributed by atoms with Gasteiger partial charge in [-0.1, -0.05) is 18.2 Å². The Balaban J connectivity index is 1.62. The van der Waals surface area contributed by atoms with Crippen LogP contribution in [-0.4, -0.2) is 81.1 Å². The van der Waals surface area contributed by atoms with Gasteiger partial charge >= 0.3 is 13.7 Å². The van der Waals surface area contributed by atoms with Gasteiger partial charge in [0.1, 0.15) is 18.4 Å². The first-order valence-electron chi connectivity index (χ1n) is 12.9. The molecule has 1 aliphatic rings. The largest absolute Gasteiger partial charge is 0.462 e. The molecular formula is C25H34F2N7O7P. The van der Waals surface area contributed by atoms with Gasteiger partial charge in [0.05, 0.1) is 12.4 Å².